The Morgan fingerprint density at radius 2 is 1.89 bits per heavy atom. The molecule has 196 valence electrons. The molecule has 2 saturated heterocycles. The van der Waals surface area contributed by atoms with E-state index in [9.17, 15) is 18.3 Å². The molecule has 5 heterocycles. The van der Waals surface area contributed by atoms with E-state index in [2.05, 4.69) is 43.0 Å². The van der Waals surface area contributed by atoms with Crippen LogP contribution in [-0.2, 0) is 18.6 Å². The van der Waals surface area contributed by atoms with E-state index in [1.54, 1.807) is 19.9 Å². The number of halogens is 3. The van der Waals surface area contributed by atoms with Crippen LogP contribution < -0.4 is 4.90 Å². The highest BCUT2D eigenvalue weighted by Gasteiger charge is 2.44. The molecule has 1 unspecified atom stereocenters. The van der Waals surface area contributed by atoms with Crippen LogP contribution in [0.15, 0.2) is 36.7 Å². The third kappa shape index (κ3) is 4.94. The molecule has 0 saturated carbocycles. The molecular weight excluding hydrogens is 499 g/mol. The number of H-pyrrole nitrogens is 1. The van der Waals surface area contributed by atoms with E-state index in [4.69, 9.17) is 0 Å². The first-order chi connectivity index (χ1) is 17.5. The maximum absolute atomic E-state index is 12.9. The molecule has 1 aromatic carbocycles. The van der Waals surface area contributed by atoms with E-state index in [1.165, 1.54) is 11.9 Å². The zero-order valence-electron chi connectivity index (χ0n) is 20.9. The molecule has 6 nitrogen and oxygen atoms in total. The maximum Gasteiger partial charge on any atom is 0.393 e. The molecule has 2 aliphatic heterocycles. The summed E-state index contributed by atoms with van der Waals surface area (Å²) in [6.07, 6.45) is -1.56. The fourth-order valence-electron chi connectivity index (χ4n) is 5.90. The van der Waals surface area contributed by atoms with Gasteiger partial charge in [0.2, 0.25) is 0 Å². The van der Waals surface area contributed by atoms with Crippen LogP contribution in [0.5, 0.6) is 0 Å². The Kier molecular flexibility index (Phi) is 5.78. The Labute approximate surface area is 217 Å². The van der Waals surface area contributed by atoms with E-state index in [1.807, 2.05) is 6.07 Å². The Hall–Kier alpha value is -2.69. The van der Waals surface area contributed by atoms with Crippen LogP contribution >= 0.6 is 11.3 Å². The van der Waals surface area contributed by atoms with Crippen LogP contribution in [0.4, 0.5) is 19.0 Å². The number of benzene rings is 1. The zero-order valence-corrected chi connectivity index (χ0v) is 21.7. The van der Waals surface area contributed by atoms with E-state index in [0.717, 1.165) is 84.7 Å². The van der Waals surface area contributed by atoms with E-state index in [0.29, 0.717) is 4.83 Å². The lowest BCUT2D eigenvalue weighted by Crippen LogP contribution is -2.31. The van der Waals surface area contributed by atoms with E-state index in [-0.39, 0.29) is 10.3 Å². The first-order valence-corrected chi connectivity index (χ1v) is 13.4. The van der Waals surface area contributed by atoms with Gasteiger partial charge in [-0.3, -0.25) is 4.90 Å². The van der Waals surface area contributed by atoms with Crippen LogP contribution in [0.2, 0.25) is 0 Å². The molecule has 1 atom stereocenters. The molecule has 2 N–H and O–H groups in total. The number of nitrogens with one attached hydrogen (secondary N) is 1. The standard InChI is InChI=1S/C27H30F3N5OS/c1-25(2,36)22-10-18-4-3-17(9-21(18)33-22)13-34-7-5-26(14-34)6-8-35(15-26)23-20-11-19(12-27(28,29)30)37-24(20)32-16-31-23/h3-4,9-11,16,33,36H,5-8,12-15H2,1-2H3. The van der Waals surface area contributed by atoms with Crippen LogP contribution in [0, 0.1) is 5.41 Å². The van der Waals surface area contributed by atoms with Gasteiger partial charge in [0.15, 0.2) is 0 Å². The second-order valence-electron chi connectivity index (χ2n) is 11.2. The normalized spacial score (nSPS) is 21.3. The monoisotopic (exact) mass is 529 g/mol. The van der Waals surface area contributed by atoms with Gasteiger partial charge in [-0.2, -0.15) is 13.2 Å². The number of rotatable bonds is 5. The van der Waals surface area contributed by atoms with Crippen molar-refractivity contribution in [2.75, 3.05) is 31.1 Å². The molecule has 0 bridgehead atoms. The summed E-state index contributed by atoms with van der Waals surface area (Å²) in [4.78, 5) is 17.7. The largest absolute Gasteiger partial charge is 0.393 e. The average molecular weight is 530 g/mol. The first-order valence-electron chi connectivity index (χ1n) is 12.6. The molecule has 4 aromatic rings. The second-order valence-corrected chi connectivity index (χ2v) is 12.3. The summed E-state index contributed by atoms with van der Waals surface area (Å²) in [5.41, 5.74) is 2.32. The third-order valence-corrected chi connectivity index (χ3v) is 8.78. The molecule has 6 rings (SSSR count). The number of anilines is 1. The summed E-state index contributed by atoms with van der Waals surface area (Å²) in [6, 6.07) is 10.1. The van der Waals surface area contributed by atoms with Gasteiger partial charge in [0.05, 0.1) is 17.4 Å². The number of thiophene rings is 1. The van der Waals surface area contributed by atoms with Crippen LogP contribution in [0.3, 0.4) is 0 Å². The van der Waals surface area contributed by atoms with Gasteiger partial charge >= 0.3 is 6.18 Å². The first kappa shape index (κ1) is 24.6. The number of aliphatic hydroxyl groups is 1. The molecule has 10 heteroatoms. The lowest BCUT2D eigenvalue weighted by atomic mass is 9.86. The Balaban J connectivity index is 1.15. The SMILES string of the molecule is CC(C)(O)c1cc2ccc(CN3CCC4(CCN(c5ncnc6sc(CC(F)(F)F)cc56)C4)C3)cc2[nH]1. The predicted molar refractivity (Wildman–Crippen MR) is 140 cm³/mol. The third-order valence-electron chi connectivity index (χ3n) is 7.74. The lowest BCUT2D eigenvalue weighted by molar-refractivity contribution is -0.126. The summed E-state index contributed by atoms with van der Waals surface area (Å²) in [7, 11) is 0. The quantitative estimate of drug-likeness (QED) is 0.352. The number of aromatic nitrogens is 3. The van der Waals surface area contributed by atoms with Crippen molar-refractivity contribution in [3.05, 3.63) is 52.8 Å². The molecule has 2 fully saturated rings. The van der Waals surface area contributed by atoms with Gasteiger partial charge in [0.25, 0.3) is 0 Å². The Morgan fingerprint density at radius 3 is 2.68 bits per heavy atom. The molecule has 37 heavy (non-hydrogen) atoms. The van der Waals surface area contributed by atoms with Crippen LogP contribution in [0.1, 0.15) is 42.8 Å². The van der Waals surface area contributed by atoms with Gasteiger partial charge < -0.3 is 15.0 Å². The summed E-state index contributed by atoms with van der Waals surface area (Å²) >= 11 is 1.10. The Morgan fingerprint density at radius 1 is 1.08 bits per heavy atom. The smallest absolute Gasteiger partial charge is 0.384 e. The molecule has 2 aliphatic rings. The second kappa shape index (κ2) is 8.68. The number of likely N-dealkylation sites (tertiary alicyclic amines) is 1. The summed E-state index contributed by atoms with van der Waals surface area (Å²) in [6.45, 7) is 8.11. The molecular formula is C27H30F3N5OS. The Bertz CT molecular complexity index is 1460. The number of hydrogen-bond acceptors (Lipinski definition) is 6. The molecule has 1 spiro atoms. The topological polar surface area (TPSA) is 68.3 Å². The highest BCUT2D eigenvalue weighted by Crippen LogP contribution is 2.43. The number of fused-ring (bicyclic) bond motifs is 2. The van der Waals surface area contributed by atoms with Crippen LogP contribution in [-0.4, -0.2) is 57.3 Å². The van der Waals surface area contributed by atoms with Gasteiger partial charge in [-0.1, -0.05) is 12.1 Å². The minimum absolute atomic E-state index is 0.159. The van der Waals surface area contributed by atoms with Crippen LogP contribution in [0.25, 0.3) is 21.1 Å². The van der Waals surface area contributed by atoms with Crippen molar-refractivity contribution in [3.8, 4) is 0 Å². The number of hydrogen-bond donors (Lipinski definition) is 2. The van der Waals surface area contributed by atoms with Crippen molar-refractivity contribution >= 4 is 38.3 Å². The fraction of sp³-hybridized carbons (Fsp3) is 0.481. The average Bonchev–Trinajstić information content (AvgIpc) is 3.58. The minimum atomic E-state index is -4.23. The molecule has 0 radical (unpaired) electrons. The summed E-state index contributed by atoms with van der Waals surface area (Å²) in [5.74, 6) is 0.754. The number of nitrogens with zero attached hydrogens (tertiary/aromatic N) is 4. The van der Waals surface area contributed by atoms with E-state index >= 15 is 0 Å². The van der Waals surface area contributed by atoms with Gasteiger partial charge in [-0.25, -0.2) is 9.97 Å². The molecule has 3 aromatic heterocycles. The zero-order chi connectivity index (χ0) is 26.0. The highest BCUT2D eigenvalue weighted by molar-refractivity contribution is 7.18. The van der Waals surface area contributed by atoms with Crippen molar-refractivity contribution in [1.29, 1.82) is 0 Å². The maximum atomic E-state index is 12.9. The van der Waals surface area contributed by atoms with Crippen molar-refractivity contribution in [3.63, 3.8) is 0 Å². The van der Waals surface area contributed by atoms with E-state index < -0.39 is 18.2 Å². The van der Waals surface area contributed by atoms with Crippen molar-refractivity contribution in [2.45, 2.75) is 51.4 Å². The molecule has 0 aliphatic carbocycles. The number of aromatic amines is 1. The summed E-state index contributed by atoms with van der Waals surface area (Å²) < 4.78 is 38.8. The van der Waals surface area contributed by atoms with Gasteiger partial charge in [0.1, 0.15) is 17.0 Å². The van der Waals surface area contributed by atoms with Crippen molar-refractivity contribution < 1.29 is 18.3 Å². The van der Waals surface area contributed by atoms with Crippen molar-refractivity contribution in [2.24, 2.45) is 5.41 Å². The lowest BCUT2D eigenvalue weighted by Gasteiger charge is -2.25. The predicted octanol–water partition coefficient (Wildman–Crippen LogP) is 5.61. The van der Waals surface area contributed by atoms with Gasteiger partial charge in [0, 0.05) is 47.7 Å². The molecule has 0 amide bonds. The van der Waals surface area contributed by atoms with Crippen molar-refractivity contribution in [1.82, 2.24) is 19.9 Å². The highest BCUT2D eigenvalue weighted by atomic mass is 32.1. The minimum Gasteiger partial charge on any atom is -0.384 e. The van der Waals surface area contributed by atoms with Gasteiger partial charge in [-0.05, 0) is 62.4 Å². The van der Waals surface area contributed by atoms with Gasteiger partial charge in [-0.15, -0.1) is 11.3 Å². The summed E-state index contributed by atoms with van der Waals surface area (Å²) in [5, 5.41) is 12.1. The fourth-order valence-corrected chi connectivity index (χ4v) is 6.92. The number of alkyl halides is 3.